The molecule has 0 aliphatic carbocycles. The summed E-state index contributed by atoms with van der Waals surface area (Å²) in [6.45, 7) is 6.70. The van der Waals surface area contributed by atoms with E-state index < -0.39 is 0 Å². The van der Waals surface area contributed by atoms with Crippen molar-refractivity contribution in [1.29, 1.82) is 0 Å². The van der Waals surface area contributed by atoms with E-state index in [2.05, 4.69) is 42.5 Å². The van der Waals surface area contributed by atoms with Gasteiger partial charge in [-0.15, -0.1) is 0 Å². The summed E-state index contributed by atoms with van der Waals surface area (Å²) >= 11 is 0. The van der Waals surface area contributed by atoms with Crippen molar-refractivity contribution < 1.29 is 14.3 Å². The molecule has 0 spiro atoms. The highest BCUT2D eigenvalue weighted by atomic mass is 16.7. The topological polar surface area (TPSA) is 72.5 Å². The first-order valence-corrected chi connectivity index (χ1v) is 9.43. The minimum atomic E-state index is -0.246. The molecule has 0 saturated heterocycles. The summed E-state index contributed by atoms with van der Waals surface area (Å²) in [7, 11) is 0. The van der Waals surface area contributed by atoms with Crippen molar-refractivity contribution in [3.8, 4) is 11.5 Å². The normalized spacial score (nSPS) is 12.5. The number of nitrogens with one attached hydrogen (secondary N) is 2. The van der Waals surface area contributed by atoms with Crippen LogP contribution in [-0.2, 0) is 5.41 Å². The molecule has 6 nitrogen and oxygen atoms in total. The molecule has 0 unspecified atom stereocenters. The van der Waals surface area contributed by atoms with Crippen LogP contribution in [0.4, 0.5) is 17.1 Å². The zero-order valence-electron chi connectivity index (χ0n) is 16.7. The Balaban J connectivity index is 1.53. The molecule has 3 aromatic rings. The van der Waals surface area contributed by atoms with Crippen molar-refractivity contribution in [3.05, 3.63) is 72.1 Å². The van der Waals surface area contributed by atoms with E-state index in [1.807, 2.05) is 18.2 Å². The van der Waals surface area contributed by atoms with Crippen molar-refractivity contribution in [1.82, 2.24) is 4.98 Å². The van der Waals surface area contributed by atoms with Gasteiger partial charge in [-0.3, -0.25) is 9.78 Å². The Hall–Kier alpha value is -3.54. The molecule has 29 heavy (non-hydrogen) atoms. The van der Waals surface area contributed by atoms with Gasteiger partial charge in [-0.1, -0.05) is 39.0 Å². The van der Waals surface area contributed by atoms with Gasteiger partial charge in [0.05, 0.1) is 17.4 Å². The van der Waals surface area contributed by atoms with E-state index >= 15 is 0 Å². The van der Waals surface area contributed by atoms with Crippen LogP contribution in [0.15, 0.2) is 60.9 Å². The van der Waals surface area contributed by atoms with E-state index in [-0.39, 0.29) is 18.1 Å². The third-order valence-corrected chi connectivity index (χ3v) is 4.64. The standard InChI is InChI=1S/C23H23N3O3/c1-23(2,3)18-6-4-5-7-19(18)25-17-10-15(12-24-13-17)22(27)26-16-8-9-20-21(11-16)29-14-28-20/h4-13,25H,14H2,1-3H3,(H,26,27). The Morgan fingerprint density at radius 1 is 0.966 bits per heavy atom. The molecule has 1 amide bonds. The lowest BCUT2D eigenvalue weighted by Gasteiger charge is -2.23. The molecular formula is C23H23N3O3. The van der Waals surface area contributed by atoms with Gasteiger partial charge in [0.15, 0.2) is 11.5 Å². The summed E-state index contributed by atoms with van der Waals surface area (Å²) in [4.78, 5) is 16.9. The lowest BCUT2D eigenvalue weighted by molar-refractivity contribution is 0.102. The van der Waals surface area contributed by atoms with Crippen LogP contribution in [0.5, 0.6) is 11.5 Å². The number of hydrogen-bond donors (Lipinski definition) is 2. The molecule has 2 heterocycles. The molecule has 4 rings (SSSR count). The number of ether oxygens (including phenoxy) is 2. The Kier molecular flexibility index (Phi) is 4.84. The minimum Gasteiger partial charge on any atom is -0.454 e. The number of benzene rings is 2. The fraction of sp³-hybridized carbons (Fsp3) is 0.217. The molecule has 0 atom stereocenters. The van der Waals surface area contributed by atoms with Crippen LogP contribution >= 0.6 is 0 Å². The van der Waals surface area contributed by atoms with Gasteiger partial charge >= 0.3 is 0 Å². The van der Waals surface area contributed by atoms with E-state index in [0.29, 0.717) is 22.7 Å². The van der Waals surface area contributed by atoms with Crippen molar-refractivity contribution in [2.45, 2.75) is 26.2 Å². The fourth-order valence-electron chi connectivity index (χ4n) is 3.21. The smallest absolute Gasteiger partial charge is 0.257 e. The van der Waals surface area contributed by atoms with E-state index in [1.54, 1.807) is 36.7 Å². The van der Waals surface area contributed by atoms with Crippen LogP contribution in [0, 0.1) is 0 Å². The lowest BCUT2D eigenvalue weighted by atomic mass is 9.86. The number of rotatable bonds is 4. The van der Waals surface area contributed by atoms with E-state index in [9.17, 15) is 4.79 Å². The van der Waals surface area contributed by atoms with E-state index in [4.69, 9.17) is 9.47 Å². The van der Waals surface area contributed by atoms with Gasteiger partial charge in [-0.25, -0.2) is 0 Å². The highest BCUT2D eigenvalue weighted by Gasteiger charge is 2.18. The van der Waals surface area contributed by atoms with Crippen LogP contribution < -0.4 is 20.1 Å². The lowest BCUT2D eigenvalue weighted by Crippen LogP contribution is -2.14. The van der Waals surface area contributed by atoms with E-state index in [1.165, 1.54) is 5.56 Å². The molecule has 148 valence electrons. The van der Waals surface area contributed by atoms with Gasteiger partial charge in [0, 0.05) is 23.6 Å². The Labute approximate surface area is 169 Å². The third-order valence-electron chi connectivity index (χ3n) is 4.64. The summed E-state index contributed by atoms with van der Waals surface area (Å²) < 4.78 is 10.7. The Morgan fingerprint density at radius 3 is 2.59 bits per heavy atom. The predicted octanol–water partition coefficient (Wildman–Crippen LogP) is 5.10. The van der Waals surface area contributed by atoms with Crippen LogP contribution in [0.1, 0.15) is 36.7 Å². The van der Waals surface area contributed by atoms with Crippen molar-refractivity contribution in [3.63, 3.8) is 0 Å². The summed E-state index contributed by atoms with van der Waals surface area (Å²) in [5.41, 5.74) is 4.02. The van der Waals surface area contributed by atoms with Crippen LogP contribution in [0.2, 0.25) is 0 Å². The maximum absolute atomic E-state index is 12.7. The van der Waals surface area contributed by atoms with Crippen LogP contribution in [0.25, 0.3) is 0 Å². The highest BCUT2D eigenvalue weighted by Crippen LogP contribution is 2.34. The summed E-state index contributed by atoms with van der Waals surface area (Å²) in [6.07, 6.45) is 3.25. The van der Waals surface area contributed by atoms with Crippen molar-refractivity contribution in [2.75, 3.05) is 17.4 Å². The van der Waals surface area contributed by atoms with Gasteiger partial charge in [-0.2, -0.15) is 0 Å². The number of fused-ring (bicyclic) bond motifs is 1. The Morgan fingerprint density at radius 2 is 1.76 bits per heavy atom. The zero-order valence-corrected chi connectivity index (χ0v) is 16.7. The molecule has 2 N–H and O–H groups in total. The number of anilines is 3. The number of pyridine rings is 1. The highest BCUT2D eigenvalue weighted by molar-refractivity contribution is 6.04. The van der Waals surface area contributed by atoms with Crippen LogP contribution in [0.3, 0.4) is 0 Å². The number of nitrogens with zero attached hydrogens (tertiary/aromatic N) is 1. The van der Waals surface area contributed by atoms with Gasteiger partial charge in [0.2, 0.25) is 6.79 Å². The minimum absolute atomic E-state index is 0.00857. The number of para-hydroxylation sites is 1. The fourth-order valence-corrected chi connectivity index (χ4v) is 3.21. The molecule has 0 radical (unpaired) electrons. The second-order valence-electron chi connectivity index (χ2n) is 7.91. The average Bonchev–Trinajstić information content (AvgIpc) is 3.15. The monoisotopic (exact) mass is 389 g/mol. The zero-order chi connectivity index (χ0) is 20.4. The molecule has 1 aromatic heterocycles. The largest absolute Gasteiger partial charge is 0.454 e. The molecular weight excluding hydrogens is 366 g/mol. The summed E-state index contributed by atoms with van der Waals surface area (Å²) in [5.74, 6) is 1.05. The average molecular weight is 389 g/mol. The molecule has 0 saturated carbocycles. The summed E-state index contributed by atoms with van der Waals surface area (Å²) in [5, 5.41) is 6.27. The second-order valence-corrected chi connectivity index (χ2v) is 7.91. The van der Waals surface area contributed by atoms with E-state index in [0.717, 1.165) is 11.4 Å². The molecule has 2 aromatic carbocycles. The molecule has 1 aliphatic rings. The first kappa shape index (κ1) is 18.8. The maximum atomic E-state index is 12.7. The first-order chi connectivity index (χ1) is 13.9. The van der Waals surface area contributed by atoms with Crippen LogP contribution in [-0.4, -0.2) is 17.7 Å². The number of aromatic nitrogens is 1. The first-order valence-electron chi connectivity index (χ1n) is 9.43. The quantitative estimate of drug-likeness (QED) is 0.649. The van der Waals surface area contributed by atoms with Crippen molar-refractivity contribution >= 4 is 23.0 Å². The second kappa shape index (κ2) is 7.47. The number of amides is 1. The predicted molar refractivity (Wildman–Crippen MR) is 113 cm³/mol. The van der Waals surface area contributed by atoms with Gasteiger partial charge < -0.3 is 20.1 Å². The van der Waals surface area contributed by atoms with Crippen molar-refractivity contribution in [2.24, 2.45) is 0 Å². The van der Waals surface area contributed by atoms with Gasteiger partial charge in [0.25, 0.3) is 5.91 Å². The maximum Gasteiger partial charge on any atom is 0.257 e. The molecule has 6 heteroatoms. The van der Waals surface area contributed by atoms with Gasteiger partial charge in [-0.05, 0) is 35.2 Å². The number of carbonyl (C=O) groups is 1. The summed E-state index contributed by atoms with van der Waals surface area (Å²) in [6, 6.07) is 15.2. The number of carbonyl (C=O) groups excluding carboxylic acids is 1. The molecule has 1 aliphatic heterocycles. The number of hydrogen-bond acceptors (Lipinski definition) is 5. The molecule has 0 fully saturated rings. The third kappa shape index (κ3) is 4.16. The Bertz CT molecular complexity index is 1060. The molecule has 0 bridgehead atoms. The SMILES string of the molecule is CC(C)(C)c1ccccc1Nc1cncc(C(=O)Nc2ccc3c(c2)OCO3)c1. The van der Waals surface area contributed by atoms with Gasteiger partial charge in [0.1, 0.15) is 0 Å².